The quantitative estimate of drug-likeness (QED) is 0.912. The summed E-state index contributed by atoms with van der Waals surface area (Å²) in [5.74, 6) is 0.654. The molecule has 1 unspecified atom stereocenters. The van der Waals surface area contributed by atoms with Gasteiger partial charge in [0.25, 0.3) is 0 Å². The lowest BCUT2D eigenvalue weighted by atomic mass is 10.0. The van der Waals surface area contributed by atoms with Crippen molar-refractivity contribution in [3.63, 3.8) is 0 Å². The van der Waals surface area contributed by atoms with E-state index in [0.29, 0.717) is 11.4 Å². The average molecular weight is 306 g/mol. The topological polar surface area (TPSA) is 68.3 Å². The highest BCUT2D eigenvalue weighted by Crippen LogP contribution is 2.28. The highest BCUT2D eigenvalue weighted by Gasteiger charge is 2.19. The lowest BCUT2D eigenvalue weighted by Crippen LogP contribution is -2.20. The predicted molar refractivity (Wildman–Crippen MR) is 81.2 cm³/mol. The molecule has 1 atom stereocenters. The lowest BCUT2D eigenvalue weighted by Gasteiger charge is -2.19. The number of ether oxygens (including phenoxy) is 1. The van der Waals surface area contributed by atoms with Crippen LogP contribution in [0.4, 0.5) is 0 Å². The van der Waals surface area contributed by atoms with Crippen molar-refractivity contribution in [1.29, 1.82) is 0 Å². The normalized spacial score (nSPS) is 12.9. The molecule has 0 aliphatic rings. The Morgan fingerprint density at radius 1 is 1.24 bits per heavy atom. The second-order valence-electron chi connectivity index (χ2n) is 4.66. The zero-order chi connectivity index (χ0) is 15.5. The van der Waals surface area contributed by atoms with Crippen LogP contribution in [0, 0.1) is 0 Å². The minimum atomic E-state index is -3.24. The van der Waals surface area contributed by atoms with Gasteiger partial charge in [0.05, 0.1) is 18.0 Å². The Hall–Kier alpha value is -1.92. The molecular formula is C15H18N2O3S. The van der Waals surface area contributed by atoms with Crippen LogP contribution in [0.15, 0.2) is 47.5 Å². The van der Waals surface area contributed by atoms with Crippen molar-refractivity contribution < 1.29 is 13.2 Å². The Labute approximate surface area is 124 Å². The smallest absolute Gasteiger partial charge is 0.175 e. The van der Waals surface area contributed by atoms with E-state index >= 15 is 0 Å². The van der Waals surface area contributed by atoms with Gasteiger partial charge in [-0.15, -0.1) is 0 Å². The molecule has 0 saturated carbocycles. The van der Waals surface area contributed by atoms with Crippen LogP contribution in [0.3, 0.4) is 0 Å². The van der Waals surface area contributed by atoms with Gasteiger partial charge in [-0.2, -0.15) is 0 Å². The molecule has 2 aromatic rings. The molecule has 0 spiro atoms. The Morgan fingerprint density at radius 2 is 2.00 bits per heavy atom. The summed E-state index contributed by atoms with van der Waals surface area (Å²) >= 11 is 0. The van der Waals surface area contributed by atoms with Gasteiger partial charge in [-0.1, -0.05) is 12.1 Å². The van der Waals surface area contributed by atoms with Gasteiger partial charge in [-0.25, -0.2) is 8.42 Å². The fourth-order valence-corrected chi connectivity index (χ4v) is 2.85. The van der Waals surface area contributed by atoms with Gasteiger partial charge < -0.3 is 10.1 Å². The van der Waals surface area contributed by atoms with Crippen LogP contribution in [-0.2, 0) is 9.84 Å². The SMILES string of the molecule is CNC(c1cccc(S(C)(=O)=O)c1)c1ncccc1OC. The van der Waals surface area contributed by atoms with E-state index in [1.165, 1.54) is 6.26 Å². The number of sulfone groups is 1. The molecular weight excluding hydrogens is 288 g/mol. The molecule has 5 nitrogen and oxygen atoms in total. The number of aromatic nitrogens is 1. The number of benzene rings is 1. The molecule has 0 bridgehead atoms. The largest absolute Gasteiger partial charge is 0.495 e. The molecule has 6 heteroatoms. The summed E-state index contributed by atoms with van der Waals surface area (Å²) in [5, 5.41) is 3.15. The zero-order valence-electron chi connectivity index (χ0n) is 12.2. The van der Waals surface area contributed by atoms with Crippen LogP contribution in [0.2, 0.25) is 0 Å². The fourth-order valence-electron chi connectivity index (χ4n) is 2.18. The first-order valence-corrected chi connectivity index (χ1v) is 8.32. The first-order valence-electron chi connectivity index (χ1n) is 6.43. The van der Waals surface area contributed by atoms with Gasteiger partial charge in [0, 0.05) is 12.5 Å². The molecule has 0 radical (unpaired) electrons. The Morgan fingerprint density at radius 3 is 2.62 bits per heavy atom. The van der Waals surface area contributed by atoms with Crippen molar-refractivity contribution in [2.75, 3.05) is 20.4 Å². The van der Waals surface area contributed by atoms with E-state index in [-0.39, 0.29) is 10.9 Å². The maximum atomic E-state index is 11.7. The molecule has 0 aliphatic carbocycles. The van der Waals surface area contributed by atoms with E-state index in [1.807, 2.05) is 12.1 Å². The van der Waals surface area contributed by atoms with Gasteiger partial charge in [0.1, 0.15) is 11.4 Å². The third kappa shape index (κ3) is 3.40. The van der Waals surface area contributed by atoms with Crippen LogP contribution in [-0.4, -0.2) is 33.8 Å². The minimum Gasteiger partial charge on any atom is -0.495 e. The molecule has 21 heavy (non-hydrogen) atoms. The third-order valence-corrected chi connectivity index (χ3v) is 4.31. The van der Waals surface area contributed by atoms with E-state index in [1.54, 1.807) is 44.6 Å². The number of nitrogens with one attached hydrogen (secondary N) is 1. The zero-order valence-corrected chi connectivity index (χ0v) is 13.0. The van der Waals surface area contributed by atoms with Gasteiger partial charge in [0.15, 0.2) is 9.84 Å². The summed E-state index contributed by atoms with van der Waals surface area (Å²) in [6, 6.07) is 10.2. The second-order valence-corrected chi connectivity index (χ2v) is 6.67. The molecule has 0 aliphatic heterocycles. The van der Waals surface area contributed by atoms with Gasteiger partial charge in [-0.05, 0) is 36.9 Å². The van der Waals surface area contributed by atoms with Crippen LogP contribution in [0.5, 0.6) is 5.75 Å². The number of rotatable bonds is 5. The standard InChI is InChI=1S/C15H18N2O3S/c1-16-14(15-13(20-2)8-5-9-17-15)11-6-4-7-12(10-11)21(3,18)19/h4-10,14,16H,1-3H3. The van der Waals surface area contributed by atoms with Gasteiger partial charge >= 0.3 is 0 Å². The third-order valence-electron chi connectivity index (χ3n) is 3.20. The van der Waals surface area contributed by atoms with Crippen LogP contribution in [0.25, 0.3) is 0 Å². The molecule has 1 heterocycles. The second kappa shape index (κ2) is 6.24. The predicted octanol–water partition coefficient (Wildman–Crippen LogP) is 1.80. The van der Waals surface area contributed by atoms with E-state index in [9.17, 15) is 8.42 Å². The van der Waals surface area contributed by atoms with E-state index in [4.69, 9.17) is 4.74 Å². The van der Waals surface area contributed by atoms with Gasteiger partial charge in [0.2, 0.25) is 0 Å². The van der Waals surface area contributed by atoms with Crippen molar-refractivity contribution in [1.82, 2.24) is 10.3 Å². The maximum absolute atomic E-state index is 11.7. The maximum Gasteiger partial charge on any atom is 0.175 e. The molecule has 2 rings (SSSR count). The molecule has 0 saturated heterocycles. The van der Waals surface area contributed by atoms with Crippen molar-refractivity contribution >= 4 is 9.84 Å². The van der Waals surface area contributed by atoms with E-state index < -0.39 is 9.84 Å². The van der Waals surface area contributed by atoms with Gasteiger partial charge in [-0.3, -0.25) is 4.98 Å². The average Bonchev–Trinajstić information content (AvgIpc) is 2.48. The highest BCUT2D eigenvalue weighted by molar-refractivity contribution is 7.90. The molecule has 1 N–H and O–H groups in total. The summed E-state index contributed by atoms with van der Waals surface area (Å²) in [4.78, 5) is 4.64. The fraction of sp³-hybridized carbons (Fsp3) is 0.267. The number of pyridine rings is 1. The Kier molecular flexibility index (Phi) is 4.59. The summed E-state index contributed by atoms with van der Waals surface area (Å²) in [5.41, 5.74) is 1.53. The molecule has 1 aromatic carbocycles. The number of hydrogen-bond donors (Lipinski definition) is 1. The summed E-state index contributed by atoms with van der Waals surface area (Å²) in [6.45, 7) is 0. The molecule has 112 valence electrons. The van der Waals surface area contributed by atoms with Crippen LogP contribution >= 0.6 is 0 Å². The molecule has 0 amide bonds. The van der Waals surface area contributed by atoms with E-state index in [2.05, 4.69) is 10.3 Å². The van der Waals surface area contributed by atoms with Crippen molar-refractivity contribution in [3.05, 3.63) is 53.9 Å². The van der Waals surface area contributed by atoms with Crippen LogP contribution < -0.4 is 10.1 Å². The van der Waals surface area contributed by atoms with Crippen molar-refractivity contribution in [2.24, 2.45) is 0 Å². The highest BCUT2D eigenvalue weighted by atomic mass is 32.2. The molecule has 0 fully saturated rings. The monoisotopic (exact) mass is 306 g/mol. The first-order chi connectivity index (χ1) is 9.97. The first kappa shape index (κ1) is 15.5. The summed E-state index contributed by atoms with van der Waals surface area (Å²) < 4.78 is 28.7. The lowest BCUT2D eigenvalue weighted by molar-refractivity contribution is 0.401. The summed E-state index contributed by atoms with van der Waals surface area (Å²) in [6.07, 6.45) is 2.88. The van der Waals surface area contributed by atoms with Crippen molar-refractivity contribution in [3.8, 4) is 5.75 Å². The number of nitrogens with zero attached hydrogens (tertiary/aromatic N) is 1. The number of hydrogen-bond acceptors (Lipinski definition) is 5. The van der Waals surface area contributed by atoms with Crippen molar-refractivity contribution in [2.45, 2.75) is 10.9 Å². The van der Waals surface area contributed by atoms with Crippen LogP contribution in [0.1, 0.15) is 17.3 Å². The Balaban J connectivity index is 2.52. The number of methoxy groups -OCH3 is 1. The van der Waals surface area contributed by atoms with E-state index in [0.717, 1.165) is 5.56 Å². The summed E-state index contributed by atoms with van der Waals surface area (Å²) in [7, 11) is 0.137. The minimum absolute atomic E-state index is 0.247. The molecule has 1 aromatic heterocycles. The Bertz CT molecular complexity index is 729.